The lowest BCUT2D eigenvalue weighted by molar-refractivity contribution is -0.174. The number of hydrogen-bond acceptors (Lipinski definition) is 3. The average molecular weight is 380 g/mol. The number of rotatable bonds is 7. The van der Waals surface area contributed by atoms with E-state index in [0.29, 0.717) is 24.8 Å². The molecule has 2 rings (SSSR count). The first kappa shape index (κ1) is 20.0. The Bertz CT molecular complexity index is 575. The zero-order valence-electron chi connectivity index (χ0n) is 13.7. The van der Waals surface area contributed by atoms with Crippen LogP contribution in [0, 0.1) is 0 Å². The van der Waals surface area contributed by atoms with E-state index in [1.54, 1.807) is 6.07 Å². The molecule has 1 aliphatic rings. The van der Waals surface area contributed by atoms with Gasteiger partial charge < -0.3 is 14.8 Å². The average Bonchev–Trinajstić information content (AvgIpc) is 2.57. The van der Waals surface area contributed by atoms with E-state index < -0.39 is 12.8 Å². The maximum Gasteiger partial charge on any atom is 0.411 e. The standard InChI is InChI=1S/C17H21ClF3NO3/c18-14-3-1-2-13(10-14)16(5-8-24-9-6-16)11-22-15(23)4-7-25-12-17(19,20)21/h1-3,10H,4-9,11-12H2,(H,22,23). The molecule has 0 aromatic heterocycles. The highest BCUT2D eigenvalue weighted by Gasteiger charge is 2.35. The molecule has 0 atom stereocenters. The Hall–Kier alpha value is -1.31. The van der Waals surface area contributed by atoms with Crippen LogP contribution in [0.2, 0.25) is 5.02 Å². The van der Waals surface area contributed by atoms with Crippen molar-refractivity contribution >= 4 is 17.5 Å². The normalized spacial score (nSPS) is 17.3. The highest BCUT2D eigenvalue weighted by Crippen LogP contribution is 2.35. The van der Waals surface area contributed by atoms with Crippen LogP contribution < -0.4 is 5.32 Å². The molecule has 0 radical (unpaired) electrons. The van der Waals surface area contributed by atoms with Gasteiger partial charge in [-0.3, -0.25) is 4.79 Å². The molecule has 1 aromatic rings. The van der Waals surface area contributed by atoms with Crippen LogP contribution in [0.15, 0.2) is 24.3 Å². The summed E-state index contributed by atoms with van der Waals surface area (Å²) in [7, 11) is 0. The molecule has 0 bridgehead atoms. The Labute approximate surface area is 149 Å². The van der Waals surface area contributed by atoms with Gasteiger partial charge >= 0.3 is 6.18 Å². The minimum atomic E-state index is -4.38. The van der Waals surface area contributed by atoms with Crippen molar-refractivity contribution in [2.75, 3.05) is 33.0 Å². The van der Waals surface area contributed by atoms with Crippen molar-refractivity contribution < 1.29 is 27.4 Å². The Morgan fingerprint density at radius 2 is 2.04 bits per heavy atom. The molecule has 1 heterocycles. The lowest BCUT2D eigenvalue weighted by Gasteiger charge is -2.38. The second-order valence-electron chi connectivity index (χ2n) is 6.10. The smallest absolute Gasteiger partial charge is 0.381 e. The van der Waals surface area contributed by atoms with Gasteiger partial charge in [0, 0.05) is 36.6 Å². The molecule has 0 saturated carbocycles. The molecule has 0 unspecified atom stereocenters. The fraction of sp³-hybridized carbons (Fsp3) is 0.588. The highest BCUT2D eigenvalue weighted by atomic mass is 35.5. The number of alkyl halides is 3. The lowest BCUT2D eigenvalue weighted by Crippen LogP contribution is -2.44. The number of benzene rings is 1. The van der Waals surface area contributed by atoms with Crippen molar-refractivity contribution in [3.63, 3.8) is 0 Å². The van der Waals surface area contributed by atoms with E-state index in [0.717, 1.165) is 18.4 Å². The van der Waals surface area contributed by atoms with Crippen LogP contribution in [0.25, 0.3) is 0 Å². The van der Waals surface area contributed by atoms with Gasteiger partial charge in [-0.2, -0.15) is 13.2 Å². The predicted molar refractivity (Wildman–Crippen MR) is 87.7 cm³/mol. The van der Waals surface area contributed by atoms with Gasteiger partial charge in [0.25, 0.3) is 0 Å². The molecule has 0 aliphatic carbocycles. The molecule has 8 heteroatoms. The molecule has 1 saturated heterocycles. The maximum absolute atomic E-state index is 12.0. The van der Waals surface area contributed by atoms with Gasteiger partial charge in [-0.05, 0) is 30.5 Å². The minimum absolute atomic E-state index is 0.113. The fourth-order valence-corrected chi connectivity index (χ4v) is 3.05. The first-order valence-electron chi connectivity index (χ1n) is 8.06. The van der Waals surface area contributed by atoms with Gasteiger partial charge in [-0.25, -0.2) is 0 Å². The zero-order chi connectivity index (χ0) is 18.3. The van der Waals surface area contributed by atoms with E-state index in [4.69, 9.17) is 16.3 Å². The highest BCUT2D eigenvalue weighted by molar-refractivity contribution is 6.30. The van der Waals surface area contributed by atoms with Crippen molar-refractivity contribution in [2.45, 2.75) is 30.9 Å². The quantitative estimate of drug-likeness (QED) is 0.738. The number of carbonyl (C=O) groups excluding carboxylic acids is 1. The van der Waals surface area contributed by atoms with Crippen molar-refractivity contribution in [1.29, 1.82) is 0 Å². The molecule has 1 fully saturated rings. The predicted octanol–water partition coefficient (Wildman–Crippen LogP) is 3.47. The van der Waals surface area contributed by atoms with Gasteiger partial charge in [0.1, 0.15) is 6.61 Å². The SMILES string of the molecule is O=C(CCOCC(F)(F)F)NCC1(c2cccc(Cl)c2)CCOCC1. The molecule has 1 amide bonds. The number of nitrogens with one attached hydrogen (secondary N) is 1. The van der Waals surface area contributed by atoms with Crippen LogP contribution >= 0.6 is 11.6 Å². The Morgan fingerprint density at radius 3 is 2.68 bits per heavy atom. The first-order chi connectivity index (χ1) is 11.8. The van der Waals surface area contributed by atoms with E-state index in [2.05, 4.69) is 10.1 Å². The molecule has 25 heavy (non-hydrogen) atoms. The van der Waals surface area contributed by atoms with Crippen molar-refractivity contribution in [1.82, 2.24) is 5.32 Å². The summed E-state index contributed by atoms with van der Waals surface area (Å²) in [5.74, 6) is -0.338. The van der Waals surface area contributed by atoms with Gasteiger partial charge in [-0.15, -0.1) is 0 Å². The molecule has 0 spiro atoms. The Kier molecular flexibility index (Phi) is 7.10. The molecule has 1 aromatic carbocycles. The van der Waals surface area contributed by atoms with Crippen LogP contribution in [0.5, 0.6) is 0 Å². The minimum Gasteiger partial charge on any atom is -0.381 e. The first-order valence-corrected chi connectivity index (χ1v) is 8.44. The van der Waals surface area contributed by atoms with Crippen LogP contribution in [0.1, 0.15) is 24.8 Å². The fourth-order valence-electron chi connectivity index (χ4n) is 2.86. The van der Waals surface area contributed by atoms with Crippen LogP contribution in [0.3, 0.4) is 0 Å². The summed E-state index contributed by atoms with van der Waals surface area (Å²) in [6, 6.07) is 7.50. The van der Waals surface area contributed by atoms with Crippen molar-refractivity contribution in [3.8, 4) is 0 Å². The number of ether oxygens (including phenoxy) is 2. The molecule has 1 N–H and O–H groups in total. The third-order valence-corrected chi connectivity index (χ3v) is 4.49. The van der Waals surface area contributed by atoms with Gasteiger partial charge in [0.2, 0.25) is 5.91 Å². The summed E-state index contributed by atoms with van der Waals surface area (Å²) in [5.41, 5.74) is 0.739. The van der Waals surface area contributed by atoms with Crippen LogP contribution in [-0.4, -0.2) is 45.1 Å². The van der Waals surface area contributed by atoms with Gasteiger partial charge in [0.15, 0.2) is 0 Å². The van der Waals surface area contributed by atoms with E-state index in [1.165, 1.54) is 0 Å². The second kappa shape index (κ2) is 8.87. The number of carbonyl (C=O) groups is 1. The zero-order valence-corrected chi connectivity index (χ0v) is 14.5. The number of hydrogen-bond donors (Lipinski definition) is 1. The van der Waals surface area contributed by atoms with E-state index in [1.807, 2.05) is 18.2 Å². The molecule has 4 nitrogen and oxygen atoms in total. The van der Waals surface area contributed by atoms with Crippen molar-refractivity contribution in [3.05, 3.63) is 34.9 Å². The van der Waals surface area contributed by atoms with E-state index >= 15 is 0 Å². The third-order valence-electron chi connectivity index (χ3n) is 4.25. The maximum atomic E-state index is 12.0. The summed E-state index contributed by atoms with van der Waals surface area (Å²) in [4.78, 5) is 11.9. The largest absolute Gasteiger partial charge is 0.411 e. The molecule has 1 aliphatic heterocycles. The van der Waals surface area contributed by atoms with E-state index in [-0.39, 0.29) is 24.3 Å². The second-order valence-corrected chi connectivity index (χ2v) is 6.53. The van der Waals surface area contributed by atoms with Crippen LogP contribution in [0.4, 0.5) is 13.2 Å². The third kappa shape index (κ3) is 6.49. The summed E-state index contributed by atoms with van der Waals surface area (Å²) in [6.45, 7) is -0.0638. The van der Waals surface area contributed by atoms with Gasteiger partial charge in [0.05, 0.1) is 6.61 Å². The van der Waals surface area contributed by atoms with Crippen LogP contribution in [-0.2, 0) is 19.7 Å². The monoisotopic (exact) mass is 379 g/mol. The molecule has 140 valence electrons. The lowest BCUT2D eigenvalue weighted by atomic mass is 9.74. The summed E-state index contributed by atoms with van der Waals surface area (Å²) in [5, 5.41) is 3.43. The topological polar surface area (TPSA) is 47.6 Å². The molecular formula is C17H21ClF3NO3. The Balaban J connectivity index is 1.89. The van der Waals surface area contributed by atoms with E-state index in [9.17, 15) is 18.0 Å². The summed E-state index contributed by atoms with van der Waals surface area (Å²) >= 11 is 6.08. The number of halogens is 4. The van der Waals surface area contributed by atoms with Gasteiger partial charge in [-0.1, -0.05) is 23.7 Å². The summed E-state index contributed by atoms with van der Waals surface area (Å²) < 4.78 is 45.9. The van der Waals surface area contributed by atoms with Crippen molar-refractivity contribution in [2.24, 2.45) is 0 Å². The summed E-state index contributed by atoms with van der Waals surface area (Å²) in [6.07, 6.45) is -3.02. The molecular weight excluding hydrogens is 359 g/mol. The number of amides is 1. The Morgan fingerprint density at radius 1 is 1.32 bits per heavy atom.